The number of ketones is 1. The zero-order valence-electron chi connectivity index (χ0n) is 33.9. The molecule has 0 saturated carbocycles. The van der Waals surface area contributed by atoms with E-state index in [-0.39, 0.29) is 53.4 Å². The van der Waals surface area contributed by atoms with Crippen LogP contribution >= 0.6 is 11.6 Å². The van der Waals surface area contributed by atoms with Gasteiger partial charge in [-0.3, -0.25) is 9.79 Å². The van der Waals surface area contributed by atoms with Gasteiger partial charge in [-0.2, -0.15) is 0 Å². The average Bonchev–Trinajstić information content (AvgIpc) is 3.12. The molecule has 2 N–H and O–H groups in total. The van der Waals surface area contributed by atoms with E-state index in [0.717, 1.165) is 35.3 Å². The fourth-order valence-electron chi connectivity index (χ4n) is 4.24. The average molecular weight is 797 g/mol. The number of alkyl halides is 2. The van der Waals surface area contributed by atoms with Crippen LogP contribution < -0.4 is 10.6 Å². The molecule has 0 saturated heterocycles. The second-order valence-corrected chi connectivity index (χ2v) is 12.8. The second kappa shape index (κ2) is 29.7. The number of aliphatic imine (C=N–C) groups is 1. The molecule has 3 aromatic rings. The maximum atomic E-state index is 13.4. The van der Waals surface area contributed by atoms with Crippen LogP contribution in [0.25, 0.3) is 0 Å². The Morgan fingerprint density at radius 3 is 1.75 bits per heavy atom. The van der Waals surface area contributed by atoms with Gasteiger partial charge in [-0.25, -0.2) is 26.7 Å². The van der Waals surface area contributed by atoms with Crippen LogP contribution in [0.15, 0.2) is 77.3 Å². The summed E-state index contributed by atoms with van der Waals surface area (Å²) in [7, 11) is 3.51. The van der Waals surface area contributed by atoms with Gasteiger partial charge in [-0.1, -0.05) is 74.3 Å². The van der Waals surface area contributed by atoms with E-state index in [9.17, 15) is 36.3 Å². The van der Waals surface area contributed by atoms with Gasteiger partial charge in [-0.15, -0.1) is 0 Å². The Hall–Kier alpha value is -4.58. The molecule has 13 heteroatoms. The van der Waals surface area contributed by atoms with Gasteiger partial charge in [0.15, 0.2) is 0 Å². The third-order valence-electron chi connectivity index (χ3n) is 7.28. The Morgan fingerprint density at radius 2 is 1.29 bits per heavy atom. The Kier molecular flexibility index (Phi) is 28.4. The standard InChI is InChI=1S/C15H23FN2O.C12H14FN.C9H9ClFNO.C3H6F2.C3H6O/c1-5-13(6-2)18(4)15(19)17-10-12-8-7-9-14(16)11(12)3;1-9(2)7-12(14-3)10-5-4-6-11(13)8-10;1-6(13)12-5-7-3-2-4-8(11)9(7)10;1-2-3(4)5;1-3(2)4/h7-9,13H,5-6,10H2,1-4H3,(H,17,19);4-8H,1-3H3;2-4H,5H2,1H3,(H,12,13);3H,2H2,1H3;1-2H3. The highest BCUT2D eigenvalue weighted by atomic mass is 35.5. The molecule has 0 atom stereocenters. The summed E-state index contributed by atoms with van der Waals surface area (Å²) in [6.45, 7) is 16.3. The molecule has 306 valence electrons. The molecule has 0 radical (unpaired) electrons. The third kappa shape index (κ3) is 24.4. The second-order valence-electron chi connectivity index (χ2n) is 12.4. The van der Waals surface area contributed by atoms with Crippen LogP contribution in [0.5, 0.6) is 0 Å². The number of hydrogen-bond donors (Lipinski definition) is 2. The number of benzene rings is 3. The number of carbonyl (C=O) groups is 3. The highest BCUT2D eigenvalue weighted by Crippen LogP contribution is 2.19. The summed E-state index contributed by atoms with van der Waals surface area (Å²) in [5.74, 6) is -0.934. The van der Waals surface area contributed by atoms with Crippen LogP contribution in [0.2, 0.25) is 5.02 Å². The van der Waals surface area contributed by atoms with Gasteiger partial charge >= 0.3 is 6.03 Å². The van der Waals surface area contributed by atoms with E-state index >= 15 is 0 Å². The van der Waals surface area contributed by atoms with Gasteiger partial charge in [0.2, 0.25) is 12.3 Å². The molecular formula is C42H58ClF5N4O3. The molecule has 3 amide bonds. The molecule has 0 aliphatic rings. The van der Waals surface area contributed by atoms with E-state index in [1.165, 1.54) is 52.0 Å². The lowest BCUT2D eigenvalue weighted by Gasteiger charge is -2.26. The van der Waals surface area contributed by atoms with Crippen LogP contribution in [0.1, 0.15) is 96.9 Å². The number of amides is 3. The number of urea groups is 1. The normalized spacial score (nSPS) is 10.2. The molecule has 0 bridgehead atoms. The zero-order valence-corrected chi connectivity index (χ0v) is 34.7. The first kappa shape index (κ1) is 52.5. The molecular weight excluding hydrogens is 739 g/mol. The molecule has 0 fully saturated rings. The summed E-state index contributed by atoms with van der Waals surface area (Å²) < 4.78 is 60.7. The largest absolute Gasteiger partial charge is 0.352 e. The maximum Gasteiger partial charge on any atom is 0.317 e. The predicted molar refractivity (Wildman–Crippen MR) is 215 cm³/mol. The van der Waals surface area contributed by atoms with E-state index in [4.69, 9.17) is 11.6 Å². The van der Waals surface area contributed by atoms with Crippen molar-refractivity contribution in [3.8, 4) is 0 Å². The van der Waals surface area contributed by atoms with E-state index in [1.807, 2.05) is 32.1 Å². The molecule has 0 aliphatic heterocycles. The third-order valence-corrected chi connectivity index (χ3v) is 7.70. The van der Waals surface area contributed by atoms with Crippen molar-refractivity contribution in [2.24, 2.45) is 4.99 Å². The van der Waals surface area contributed by atoms with Gasteiger partial charge in [-0.05, 0) is 94.5 Å². The summed E-state index contributed by atoms with van der Waals surface area (Å²) in [6, 6.07) is 16.0. The fourth-order valence-corrected chi connectivity index (χ4v) is 4.44. The van der Waals surface area contributed by atoms with E-state index < -0.39 is 12.2 Å². The minimum absolute atomic E-state index is 0.0278. The highest BCUT2D eigenvalue weighted by molar-refractivity contribution is 6.31. The van der Waals surface area contributed by atoms with Crippen molar-refractivity contribution < 1.29 is 36.3 Å². The fraction of sp³-hybridized carbons (Fsp3) is 0.429. The SMILES string of the molecule is CC(=O)NCc1cccc(F)c1Cl.CC(C)=O.CCC(CC)N(C)C(=O)NCc1cccc(F)c1C.CCC(F)F.CN=C(C=C(C)C)c1cccc(F)c1. The number of nitrogens with one attached hydrogen (secondary N) is 2. The summed E-state index contributed by atoms with van der Waals surface area (Å²) in [4.78, 5) is 37.8. The highest BCUT2D eigenvalue weighted by Gasteiger charge is 2.16. The molecule has 0 aliphatic carbocycles. The van der Waals surface area contributed by atoms with Crippen molar-refractivity contribution in [1.82, 2.24) is 15.5 Å². The lowest BCUT2D eigenvalue weighted by molar-refractivity contribution is -0.119. The number of carbonyl (C=O) groups excluding carboxylic acids is 3. The zero-order chi connectivity index (χ0) is 42.7. The monoisotopic (exact) mass is 796 g/mol. The van der Waals surface area contributed by atoms with Crippen molar-refractivity contribution in [3.63, 3.8) is 0 Å². The molecule has 7 nitrogen and oxygen atoms in total. The summed E-state index contributed by atoms with van der Waals surface area (Å²) in [5, 5.41) is 5.44. The Bertz CT molecular complexity index is 1660. The Morgan fingerprint density at radius 1 is 0.800 bits per heavy atom. The van der Waals surface area contributed by atoms with E-state index in [0.29, 0.717) is 17.7 Å². The molecule has 3 aromatic carbocycles. The first-order valence-corrected chi connectivity index (χ1v) is 18.2. The minimum Gasteiger partial charge on any atom is -0.352 e. The number of rotatable bonds is 10. The van der Waals surface area contributed by atoms with E-state index in [2.05, 4.69) is 29.5 Å². The van der Waals surface area contributed by atoms with Crippen molar-refractivity contribution in [3.05, 3.63) is 117 Å². The summed E-state index contributed by atoms with van der Waals surface area (Å²) in [5.41, 5.74) is 4.75. The van der Waals surface area contributed by atoms with Gasteiger partial charge in [0.05, 0.1) is 10.7 Å². The van der Waals surface area contributed by atoms with Crippen LogP contribution in [0.3, 0.4) is 0 Å². The topological polar surface area (TPSA) is 90.9 Å². The summed E-state index contributed by atoms with van der Waals surface area (Å²) in [6.07, 6.45) is 1.66. The van der Waals surface area contributed by atoms with Gasteiger partial charge in [0.25, 0.3) is 0 Å². The first-order valence-electron chi connectivity index (χ1n) is 17.8. The van der Waals surface area contributed by atoms with Gasteiger partial charge in [0, 0.05) is 52.1 Å². The minimum atomic E-state index is -2.12. The van der Waals surface area contributed by atoms with E-state index in [1.54, 1.807) is 50.2 Å². The summed E-state index contributed by atoms with van der Waals surface area (Å²) >= 11 is 5.65. The molecule has 0 aromatic heterocycles. The maximum absolute atomic E-state index is 13.4. The quantitative estimate of drug-likeness (QED) is 0.158. The smallest absolute Gasteiger partial charge is 0.317 e. The predicted octanol–water partition coefficient (Wildman–Crippen LogP) is 11.0. The molecule has 3 rings (SSSR count). The van der Waals surface area contributed by atoms with Crippen molar-refractivity contribution in [2.75, 3.05) is 14.1 Å². The molecule has 0 heterocycles. The molecule has 55 heavy (non-hydrogen) atoms. The van der Waals surface area contributed by atoms with Gasteiger partial charge in [0.1, 0.15) is 23.2 Å². The van der Waals surface area contributed by atoms with Crippen molar-refractivity contribution in [2.45, 2.75) is 107 Å². The lowest BCUT2D eigenvalue weighted by Crippen LogP contribution is -2.42. The Labute approximate surface area is 329 Å². The number of hydrogen-bond acceptors (Lipinski definition) is 4. The van der Waals surface area contributed by atoms with Gasteiger partial charge < -0.3 is 20.3 Å². The number of allylic oxidation sites excluding steroid dienone is 2. The number of Topliss-reactive ketones (excluding diaryl/α,β-unsaturated/α-hetero) is 1. The number of nitrogens with zero attached hydrogens (tertiary/aromatic N) is 2. The lowest BCUT2D eigenvalue weighted by atomic mass is 10.1. The molecule has 0 spiro atoms. The van der Waals surface area contributed by atoms with Crippen molar-refractivity contribution in [1.29, 1.82) is 0 Å². The molecule has 0 unspecified atom stereocenters. The van der Waals surface area contributed by atoms with Crippen molar-refractivity contribution >= 4 is 35.0 Å². The van der Waals surface area contributed by atoms with Crippen LogP contribution in [-0.4, -0.2) is 54.9 Å². The number of halogens is 6. The first-order chi connectivity index (χ1) is 25.7. The van der Waals surface area contributed by atoms with Crippen LogP contribution in [0.4, 0.5) is 26.7 Å². The Balaban J connectivity index is 0. The van der Waals surface area contributed by atoms with Crippen LogP contribution in [0, 0.1) is 24.4 Å². The van der Waals surface area contributed by atoms with Crippen LogP contribution in [-0.2, 0) is 22.7 Å².